The number of nitrogens with two attached hydrogens (primary N) is 1. The van der Waals surface area contributed by atoms with Crippen molar-refractivity contribution in [1.29, 1.82) is 0 Å². The summed E-state index contributed by atoms with van der Waals surface area (Å²) in [6.07, 6.45) is 3.24. The van der Waals surface area contributed by atoms with Gasteiger partial charge in [-0.2, -0.15) is 0 Å². The van der Waals surface area contributed by atoms with Crippen LogP contribution in [0.5, 0.6) is 0 Å². The minimum atomic E-state index is -0.239. The van der Waals surface area contributed by atoms with Gasteiger partial charge in [0.15, 0.2) is 10.3 Å². The Hall–Kier alpha value is -1.67. The quantitative estimate of drug-likeness (QED) is 0.806. The van der Waals surface area contributed by atoms with Crippen molar-refractivity contribution in [2.24, 2.45) is 0 Å². The molecule has 2 aromatic rings. The lowest BCUT2D eigenvalue weighted by Gasteiger charge is -1.99. The van der Waals surface area contributed by atoms with Crippen LogP contribution in [-0.4, -0.2) is 22.4 Å². The van der Waals surface area contributed by atoms with E-state index in [0.717, 1.165) is 31.5 Å². The number of hydrogen-bond donors (Lipinski definition) is 3. The number of nitrogens with zero attached hydrogens (tertiary/aromatic N) is 2. The van der Waals surface area contributed by atoms with Crippen LogP contribution in [0.3, 0.4) is 0 Å². The highest BCUT2D eigenvalue weighted by Gasteiger charge is 2.20. The van der Waals surface area contributed by atoms with E-state index >= 15 is 0 Å². The zero-order chi connectivity index (χ0) is 14.1. The number of hydrogen-bond acceptors (Lipinski definition) is 7. The number of carbonyl (C=O) groups excluding carboxylic acids is 1. The van der Waals surface area contributed by atoms with Crippen LogP contribution in [0.4, 0.5) is 16.1 Å². The summed E-state index contributed by atoms with van der Waals surface area (Å²) in [4.78, 5) is 22.5. The van der Waals surface area contributed by atoms with Gasteiger partial charge in [-0.15, -0.1) is 11.3 Å². The third-order valence-corrected chi connectivity index (χ3v) is 5.10. The smallest absolute Gasteiger partial charge is 0.271 e. The first-order chi connectivity index (χ1) is 9.67. The molecule has 2 heterocycles. The van der Waals surface area contributed by atoms with E-state index in [2.05, 4.69) is 20.6 Å². The number of thiazole rings is 2. The molecule has 0 aliphatic heterocycles. The van der Waals surface area contributed by atoms with E-state index in [4.69, 9.17) is 5.73 Å². The van der Waals surface area contributed by atoms with E-state index in [1.807, 2.05) is 6.92 Å². The van der Waals surface area contributed by atoms with Crippen LogP contribution < -0.4 is 16.4 Å². The van der Waals surface area contributed by atoms with Gasteiger partial charge in [0.2, 0.25) is 0 Å². The minimum absolute atomic E-state index is 0.239. The van der Waals surface area contributed by atoms with E-state index in [-0.39, 0.29) is 11.7 Å². The molecule has 1 aliphatic rings. The van der Waals surface area contributed by atoms with Gasteiger partial charge in [-0.25, -0.2) is 9.97 Å². The molecular formula is C12H15N5OS2. The highest BCUT2D eigenvalue weighted by atomic mass is 32.1. The molecule has 6 nitrogen and oxygen atoms in total. The van der Waals surface area contributed by atoms with Gasteiger partial charge in [-0.3, -0.25) is 10.1 Å². The summed E-state index contributed by atoms with van der Waals surface area (Å²) in [5, 5.41) is 7.18. The molecule has 0 unspecified atom stereocenters. The Balaban J connectivity index is 1.75. The molecule has 0 spiro atoms. The number of aromatic nitrogens is 2. The average molecular weight is 309 g/mol. The summed E-state index contributed by atoms with van der Waals surface area (Å²) in [6.45, 7) is 2.71. The number of fused-ring (bicyclic) bond motifs is 1. The predicted octanol–water partition coefficient (Wildman–Crippen LogP) is 2.35. The Morgan fingerprint density at radius 2 is 2.15 bits per heavy atom. The second-order valence-electron chi connectivity index (χ2n) is 4.46. The van der Waals surface area contributed by atoms with Crippen molar-refractivity contribution in [2.75, 3.05) is 22.9 Å². The molecule has 0 aromatic carbocycles. The molecule has 106 valence electrons. The van der Waals surface area contributed by atoms with E-state index < -0.39 is 0 Å². The first-order valence-electron chi connectivity index (χ1n) is 6.47. The van der Waals surface area contributed by atoms with Gasteiger partial charge < -0.3 is 11.1 Å². The maximum Gasteiger partial charge on any atom is 0.271 e. The molecule has 20 heavy (non-hydrogen) atoms. The Morgan fingerprint density at radius 3 is 2.90 bits per heavy atom. The Labute approximate surface area is 124 Å². The minimum Gasteiger partial charge on any atom is -0.382 e. The fourth-order valence-electron chi connectivity index (χ4n) is 2.12. The van der Waals surface area contributed by atoms with Gasteiger partial charge in [-0.1, -0.05) is 11.3 Å². The maximum absolute atomic E-state index is 12.2. The zero-order valence-corrected chi connectivity index (χ0v) is 12.7. The molecular weight excluding hydrogens is 294 g/mol. The zero-order valence-electron chi connectivity index (χ0n) is 11.0. The standard InChI is InChI=1S/C12H15N5OS2/c1-2-14-11-16-9(13)8(20-11)10(18)17-12-15-6-4-3-5-7(6)19-12/h2-5,13H2,1H3,(H,14,16)(H,15,17,18). The average Bonchev–Trinajstić information content (AvgIpc) is 3.04. The van der Waals surface area contributed by atoms with Crippen LogP contribution in [0.15, 0.2) is 0 Å². The predicted molar refractivity (Wildman–Crippen MR) is 82.8 cm³/mol. The largest absolute Gasteiger partial charge is 0.382 e. The number of amides is 1. The summed E-state index contributed by atoms with van der Waals surface area (Å²) >= 11 is 2.81. The maximum atomic E-state index is 12.2. The van der Waals surface area contributed by atoms with Crippen LogP contribution in [0.25, 0.3) is 0 Å². The molecule has 0 fully saturated rings. The summed E-state index contributed by atoms with van der Waals surface area (Å²) in [6, 6.07) is 0. The number of anilines is 3. The topological polar surface area (TPSA) is 92.9 Å². The third kappa shape index (κ3) is 2.48. The lowest BCUT2D eigenvalue weighted by Crippen LogP contribution is -2.12. The molecule has 8 heteroatoms. The molecule has 1 aliphatic carbocycles. The second kappa shape index (κ2) is 5.37. The number of rotatable bonds is 4. The van der Waals surface area contributed by atoms with Crippen LogP contribution in [0.1, 0.15) is 33.6 Å². The van der Waals surface area contributed by atoms with Crippen molar-refractivity contribution in [3.63, 3.8) is 0 Å². The van der Waals surface area contributed by atoms with Gasteiger partial charge >= 0.3 is 0 Å². The van der Waals surface area contributed by atoms with Crippen LogP contribution in [0.2, 0.25) is 0 Å². The van der Waals surface area contributed by atoms with Gasteiger partial charge in [0.25, 0.3) is 5.91 Å². The van der Waals surface area contributed by atoms with E-state index in [9.17, 15) is 4.79 Å². The third-order valence-electron chi connectivity index (χ3n) is 3.00. The normalized spacial score (nSPS) is 13.2. The van der Waals surface area contributed by atoms with Crippen molar-refractivity contribution in [2.45, 2.75) is 26.2 Å². The number of carbonyl (C=O) groups is 1. The summed E-state index contributed by atoms with van der Waals surface area (Å²) in [7, 11) is 0. The molecule has 0 bridgehead atoms. The SMILES string of the molecule is CCNc1nc(N)c(C(=O)Nc2nc3c(s2)CCC3)s1. The van der Waals surface area contributed by atoms with E-state index in [0.29, 0.717) is 15.1 Å². The van der Waals surface area contributed by atoms with Crippen molar-refractivity contribution < 1.29 is 4.79 Å². The number of nitrogen functional groups attached to an aromatic ring is 1. The molecule has 2 aromatic heterocycles. The molecule has 0 saturated heterocycles. The van der Waals surface area contributed by atoms with Crippen molar-refractivity contribution in [3.05, 3.63) is 15.4 Å². The Kier molecular flexibility index (Phi) is 3.58. The number of nitrogens with one attached hydrogen (secondary N) is 2. The summed E-state index contributed by atoms with van der Waals surface area (Å²) in [5.41, 5.74) is 6.90. The second-order valence-corrected chi connectivity index (χ2v) is 6.54. The fraction of sp³-hybridized carbons (Fsp3) is 0.417. The van der Waals surface area contributed by atoms with E-state index in [1.165, 1.54) is 16.2 Å². The highest BCUT2D eigenvalue weighted by molar-refractivity contribution is 7.18. The Morgan fingerprint density at radius 1 is 1.30 bits per heavy atom. The van der Waals surface area contributed by atoms with Crippen molar-refractivity contribution in [1.82, 2.24) is 9.97 Å². The highest BCUT2D eigenvalue weighted by Crippen LogP contribution is 2.31. The molecule has 4 N–H and O–H groups in total. The molecule has 1 amide bonds. The molecule has 0 saturated carbocycles. The van der Waals surface area contributed by atoms with Gasteiger partial charge in [0.1, 0.15) is 10.7 Å². The van der Waals surface area contributed by atoms with Crippen molar-refractivity contribution in [3.8, 4) is 0 Å². The summed E-state index contributed by atoms with van der Waals surface area (Å²) in [5.74, 6) is 0.0177. The molecule has 0 radical (unpaired) electrons. The van der Waals surface area contributed by atoms with Crippen LogP contribution in [-0.2, 0) is 12.8 Å². The van der Waals surface area contributed by atoms with E-state index in [1.54, 1.807) is 11.3 Å². The van der Waals surface area contributed by atoms with Crippen LogP contribution in [0, 0.1) is 0 Å². The molecule has 0 atom stereocenters. The van der Waals surface area contributed by atoms with Gasteiger partial charge in [-0.05, 0) is 26.2 Å². The Bertz CT molecular complexity index is 627. The van der Waals surface area contributed by atoms with Crippen molar-refractivity contribution >= 4 is 44.7 Å². The van der Waals surface area contributed by atoms with Gasteiger partial charge in [0, 0.05) is 11.4 Å². The lowest BCUT2D eigenvalue weighted by atomic mass is 10.4. The first-order valence-corrected chi connectivity index (χ1v) is 8.10. The van der Waals surface area contributed by atoms with Gasteiger partial charge in [0.05, 0.1) is 5.69 Å². The summed E-state index contributed by atoms with van der Waals surface area (Å²) < 4.78 is 0. The lowest BCUT2D eigenvalue weighted by molar-refractivity contribution is 0.103. The molecule has 3 rings (SSSR count). The van der Waals surface area contributed by atoms with Crippen LogP contribution >= 0.6 is 22.7 Å². The number of aryl methyl sites for hydroxylation is 2. The monoisotopic (exact) mass is 309 g/mol. The first kappa shape index (κ1) is 13.3. The fourth-order valence-corrected chi connectivity index (χ4v) is 4.01.